The fourth-order valence-electron chi connectivity index (χ4n) is 4.91. The first kappa shape index (κ1) is 17.7. The van der Waals surface area contributed by atoms with Crippen molar-refractivity contribution in [2.45, 2.75) is 25.7 Å². The van der Waals surface area contributed by atoms with Crippen LogP contribution < -0.4 is 5.56 Å². The maximum absolute atomic E-state index is 12.7. The largest absolute Gasteiger partial charge is 0.504 e. The van der Waals surface area contributed by atoms with Crippen molar-refractivity contribution in [2.24, 2.45) is 11.8 Å². The number of rotatable bonds is 4. The summed E-state index contributed by atoms with van der Waals surface area (Å²) in [7, 11) is 0. The number of benzene rings is 1. The molecule has 1 aliphatic carbocycles. The SMILES string of the molecule is Cc1nc2sccn2c(=O)c1CCN1CC2CC(c3ccc(O)c(O)c3)C2C1. The summed E-state index contributed by atoms with van der Waals surface area (Å²) in [5, 5.41) is 21.2. The Labute approximate surface area is 166 Å². The van der Waals surface area contributed by atoms with Crippen LogP contribution in [0.2, 0.25) is 0 Å². The Morgan fingerprint density at radius 1 is 1.25 bits per heavy atom. The van der Waals surface area contributed by atoms with Gasteiger partial charge in [-0.2, -0.15) is 0 Å². The summed E-state index contributed by atoms with van der Waals surface area (Å²) in [6.07, 6.45) is 3.64. The smallest absolute Gasteiger partial charge is 0.261 e. The molecule has 3 unspecified atom stereocenters. The molecule has 0 spiro atoms. The minimum Gasteiger partial charge on any atom is -0.504 e. The molecule has 0 radical (unpaired) electrons. The average molecular weight is 398 g/mol. The first-order valence-electron chi connectivity index (χ1n) is 9.71. The van der Waals surface area contributed by atoms with Gasteiger partial charge < -0.3 is 15.1 Å². The molecule has 0 bridgehead atoms. The van der Waals surface area contributed by atoms with E-state index in [0.717, 1.165) is 54.3 Å². The predicted octanol–water partition coefficient (Wildman–Crippen LogP) is 2.75. The molecule has 3 heterocycles. The van der Waals surface area contributed by atoms with Crippen LogP contribution in [0.1, 0.15) is 29.2 Å². The number of fused-ring (bicyclic) bond motifs is 2. The van der Waals surface area contributed by atoms with Gasteiger partial charge >= 0.3 is 0 Å². The lowest BCUT2D eigenvalue weighted by Gasteiger charge is -2.40. The number of aromatic nitrogens is 2. The zero-order valence-electron chi connectivity index (χ0n) is 15.7. The maximum atomic E-state index is 12.7. The standard InChI is InChI=1S/C21H23N3O3S/c1-12-15(20(27)24-6-7-28-21(24)22-12)4-5-23-10-14-8-16(17(14)11-23)13-2-3-18(25)19(26)9-13/h2-3,6-7,9,14,16-17,25-26H,4-5,8,10-11H2,1H3. The Morgan fingerprint density at radius 2 is 2.11 bits per heavy atom. The summed E-state index contributed by atoms with van der Waals surface area (Å²) in [5.74, 6) is 1.61. The van der Waals surface area contributed by atoms with Crippen LogP contribution in [0, 0.1) is 18.8 Å². The number of thiazole rings is 1. The number of aryl methyl sites for hydroxylation is 1. The molecule has 3 atom stereocenters. The van der Waals surface area contributed by atoms with Gasteiger partial charge in [-0.25, -0.2) is 4.98 Å². The van der Waals surface area contributed by atoms with Crippen molar-refractivity contribution in [1.82, 2.24) is 14.3 Å². The van der Waals surface area contributed by atoms with E-state index in [2.05, 4.69) is 9.88 Å². The molecule has 1 saturated carbocycles. The third-order valence-corrected chi connectivity index (χ3v) is 7.27. The fourth-order valence-corrected chi connectivity index (χ4v) is 5.66. The summed E-state index contributed by atoms with van der Waals surface area (Å²) in [5.41, 5.74) is 2.82. The van der Waals surface area contributed by atoms with Crippen molar-refractivity contribution in [1.29, 1.82) is 0 Å². The Kier molecular flexibility index (Phi) is 4.17. The molecular weight excluding hydrogens is 374 g/mol. The molecule has 7 heteroatoms. The minimum absolute atomic E-state index is 0.0388. The number of aromatic hydroxyl groups is 2. The second-order valence-corrected chi connectivity index (χ2v) is 8.93. The molecule has 6 nitrogen and oxygen atoms in total. The van der Waals surface area contributed by atoms with Crippen molar-refractivity contribution < 1.29 is 10.2 Å². The summed E-state index contributed by atoms with van der Waals surface area (Å²) in [6.45, 7) is 4.89. The first-order chi connectivity index (χ1) is 13.5. The van der Waals surface area contributed by atoms with Gasteiger partial charge in [0.15, 0.2) is 16.5 Å². The summed E-state index contributed by atoms with van der Waals surface area (Å²) >= 11 is 1.48. The molecule has 2 aliphatic rings. The summed E-state index contributed by atoms with van der Waals surface area (Å²) < 4.78 is 1.65. The molecule has 3 aromatic rings. The predicted molar refractivity (Wildman–Crippen MR) is 108 cm³/mol. The molecule has 146 valence electrons. The van der Waals surface area contributed by atoms with Crippen LogP contribution in [0.5, 0.6) is 11.5 Å². The Hall–Kier alpha value is -2.38. The van der Waals surface area contributed by atoms with Gasteiger partial charge in [-0.05, 0) is 55.2 Å². The molecule has 1 saturated heterocycles. The maximum Gasteiger partial charge on any atom is 0.261 e. The second-order valence-electron chi connectivity index (χ2n) is 8.06. The van der Waals surface area contributed by atoms with Crippen LogP contribution >= 0.6 is 11.3 Å². The van der Waals surface area contributed by atoms with Crippen molar-refractivity contribution in [2.75, 3.05) is 19.6 Å². The zero-order chi connectivity index (χ0) is 19.4. The van der Waals surface area contributed by atoms with E-state index >= 15 is 0 Å². The highest BCUT2D eigenvalue weighted by Gasteiger charge is 2.47. The Morgan fingerprint density at radius 3 is 2.93 bits per heavy atom. The lowest BCUT2D eigenvalue weighted by atomic mass is 9.64. The monoisotopic (exact) mass is 397 g/mol. The van der Waals surface area contributed by atoms with E-state index in [9.17, 15) is 15.0 Å². The highest BCUT2D eigenvalue weighted by molar-refractivity contribution is 7.15. The van der Waals surface area contributed by atoms with E-state index in [0.29, 0.717) is 17.8 Å². The lowest BCUT2D eigenvalue weighted by molar-refractivity contribution is 0.190. The van der Waals surface area contributed by atoms with Crippen LogP contribution in [0.4, 0.5) is 0 Å². The van der Waals surface area contributed by atoms with Crippen molar-refractivity contribution in [3.05, 3.63) is 57.0 Å². The van der Waals surface area contributed by atoms with Gasteiger partial charge in [-0.1, -0.05) is 6.07 Å². The fraction of sp³-hybridized carbons (Fsp3) is 0.429. The molecule has 1 aromatic carbocycles. The molecule has 5 rings (SSSR count). The zero-order valence-corrected chi connectivity index (χ0v) is 16.5. The quantitative estimate of drug-likeness (QED) is 0.662. The molecule has 2 fully saturated rings. The molecule has 0 amide bonds. The van der Waals surface area contributed by atoms with Crippen LogP contribution in [0.15, 0.2) is 34.6 Å². The third-order valence-electron chi connectivity index (χ3n) is 6.51. The lowest BCUT2D eigenvalue weighted by Crippen LogP contribution is -2.33. The van der Waals surface area contributed by atoms with Crippen molar-refractivity contribution >= 4 is 16.3 Å². The summed E-state index contributed by atoms with van der Waals surface area (Å²) in [6, 6.07) is 5.20. The van der Waals surface area contributed by atoms with E-state index in [4.69, 9.17) is 0 Å². The first-order valence-corrected chi connectivity index (χ1v) is 10.6. The molecule has 2 aromatic heterocycles. The number of nitrogens with zero attached hydrogens (tertiary/aromatic N) is 3. The number of phenolic OH excluding ortho intramolecular Hbond substituents is 2. The van der Waals surface area contributed by atoms with Gasteiger partial charge in [-0.3, -0.25) is 9.20 Å². The normalized spacial score (nSPS) is 24.4. The van der Waals surface area contributed by atoms with Gasteiger partial charge in [0.25, 0.3) is 5.56 Å². The molecule has 2 N–H and O–H groups in total. The van der Waals surface area contributed by atoms with Gasteiger partial charge in [0.05, 0.1) is 0 Å². The van der Waals surface area contributed by atoms with Crippen LogP contribution in [-0.2, 0) is 6.42 Å². The average Bonchev–Trinajstić information content (AvgIpc) is 3.24. The topological polar surface area (TPSA) is 78.1 Å². The number of hydrogen-bond acceptors (Lipinski definition) is 6. The van der Waals surface area contributed by atoms with E-state index in [1.807, 2.05) is 18.4 Å². The van der Waals surface area contributed by atoms with E-state index in [1.165, 1.54) is 11.3 Å². The van der Waals surface area contributed by atoms with Crippen molar-refractivity contribution in [3.63, 3.8) is 0 Å². The molecular formula is C21H23N3O3S. The van der Waals surface area contributed by atoms with Crippen LogP contribution in [-0.4, -0.2) is 44.1 Å². The van der Waals surface area contributed by atoms with Gasteiger partial charge in [0.1, 0.15) is 0 Å². The van der Waals surface area contributed by atoms with Gasteiger partial charge in [-0.15, -0.1) is 11.3 Å². The van der Waals surface area contributed by atoms with Crippen LogP contribution in [0.25, 0.3) is 4.96 Å². The molecule has 28 heavy (non-hydrogen) atoms. The van der Waals surface area contributed by atoms with E-state index in [1.54, 1.807) is 22.7 Å². The van der Waals surface area contributed by atoms with Crippen molar-refractivity contribution in [3.8, 4) is 11.5 Å². The van der Waals surface area contributed by atoms with E-state index < -0.39 is 0 Å². The highest BCUT2D eigenvalue weighted by atomic mass is 32.1. The number of phenols is 2. The Balaban J connectivity index is 1.27. The summed E-state index contributed by atoms with van der Waals surface area (Å²) in [4.78, 5) is 20.5. The van der Waals surface area contributed by atoms with Crippen LogP contribution in [0.3, 0.4) is 0 Å². The number of hydrogen-bond donors (Lipinski definition) is 2. The Bertz CT molecular complexity index is 1110. The minimum atomic E-state index is -0.0643. The highest BCUT2D eigenvalue weighted by Crippen LogP contribution is 2.52. The third kappa shape index (κ3) is 2.81. The second kappa shape index (κ2) is 6.60. The van der Waals surface area contributed by atoms with E-state index in [-0.39, 0.29) is 17.1 Å². The van der Waals surface area contributed by atoms with Gasteiger partial charge in [0, 0.05) is 42.5 Å². The molecule has 1 aliphatic heterocycles. The van der Waals surface area contributed by atoms with Gasteiger partial charge in [0.2, 0.25) is 0 Å². The number of likely N-dealkylation sites (tertiary alicyclic amines) is 1.